The molecule has 3 nitrogen and oxygen atoms in total. The Balaban J connectivity index is 2.13. The van der Waals surface area contributed by atoms with E-state index in [2.05, 4.69) is 37.1 Å². The van der Waals surface area contributed by atoms with Crippen molar-refractivity contribution in [1.82, 2.24) is 10.3 Å². The third kappa shape index (κ3) is 2.60. The zero-order chi connectivity index (χ0) is 11.8. The fourth-order valence-electron chi connectivity index (χ4n) is 1.44. The normalized spacial score (nSPS) is 18.1. The SMILES string of the molecule is CC(C)(C)c1nc(C(C#N)NC2CC2)cs1. The number of nitrogens with one attached hydrogen (secondary N) is 1. The Hall–Kier alpha value is -0.920. The second kappa shape index (κ2) is 4.15. The predicted molar refractivity (Wildman–Crippen MR) is 65.3 cm³/mol. The van der Waals surface area contributed by atoms with Gasteiger partial charge in [0.2, 0.25) is 0 Å². The Labute approximate surface area is 101 Å². The molecule has 1 fully saturated rings. The summed E-state index contributed by atoms with van der Waals surface area (Å²) in [5.41, 5.74) is 0.951. The third-order valence-corrected chi connectivity index (χ3v) is 3.85. The minimum absolute atomic E-state index is 0.0719. The molecule has 4 heteroatoms. The number of hydrogen-bond acceptors (Lipinski definition) is 4. The van der Waals surface area contributed by atoms with Crippen LogP contribution in [0.3, 0.4) is 0 Å². The molecule has 1 heterocycles. The summed E-state index contributed by atoms with van der Waals surface area (Å²) in [5.74, 6) is 0. The monoisotopic (exact) mass is 235 g/mol. The van der Waals surface area contributed by atoms with Gasteiger partial charge < -0.3 is 0 Å². The zero-order valence-electron chi connectivity index (χ0n) is 9.95. The van der Waals surface area contributed by atoms with Gasteiger partial charge in [-0.05, 0) is 12.8 Å². The van der Waals surface area contributed by atoms with E-state index in [4.69, 9.17) is 5.26 Å². The lowest BCUT2D eigenvalue weighted by molar-refractivity contribution is 0.570. The Bertz CT molecular complexity index is 407. The van der Waals surface area contributed by atoms with Crippen LogP contribution in [0, 0.1) is 11.3 Å². The quantitative estimate of drug-likeness (QED) is 0.876. The summed E-state index contributed by atoms with van der Waals surface area (Å²) in [6, 6.07) is 2.58. The van der Waals surface area contributed by atoms with Crippen molar-refractivity contribution in [3.8, 4) is 6.07 Å². The van der Waals surface area contributed by atoms with Crippen LogP contribution in [0.5, 0.6) is 0 Å². The van der Waals surface area contributed by atoms with Gasteiger partial charge in [-0.15, -0.1) is 11.3 Å². The summed E-state index contributed by atoms with van der Waals surface area (Å²) in [5, 5.41) is 15.5. The Morgan fingerprint density at radius 1 is 1.56 bits per heavy atom. The largest absolute Gasteiger partial charge is 0.294 e. The van der Waals surface area contributed by atoms with Crippen LogP contribution in [0.2, 0.25) is 0 Å². The van der Waals surface area contributed by atoms with E-state index in [-0.39, 0.29) is 11.5 Å². The van der Waals surface area contributed by atoms with Crippen LogP contribution >= 0.6 is 11.3 Å². The zero-order valence-corrected chi connectivity index (χ0v) is 10.8. The maximum absolute atomic E-state index is 9.12. The van der Waals surface area contributed by atoms with Gasteiger partial charge in [0, 0.05) is 16.8 Å². The number of nitriles is 1. The standard InChI is InChI=1S/C12H17N3S/c1-12(2,3)11-15-10(7-16-11)9(6-13)14-8-4-5-8/h7-9,14H,4-5H2,1-3H3. The summed E-state index contributed by atoms with van der Waals surface area (Å²) in [6.07, 6.45) is 2.38. The van der Waals surface area contributed by atoms with E-state index < -0.39 is 0 Å². The van der Waals surface area contributed by atoms with E-state index >= 15 is 0 Å². The molecule has 86 valence electrons. The van der Waals surface area contributed by atoms with Gasteiger partial charge >= 0.3 is 0 Å². The minimum atomic E-state index is -0.236. The molecule has 0 radical (unpaired) electrons. The molecule has 1 aliphatic carbocycles. The number of thiazole rings is 1. The van der Waals surface area contributed by atoms with Crippen LogP contribution < -0.4 is 5.32 Å². The Morgan fingerprint density at radius 3 is 2.69 bits per heavy atom. The highest BCUT2D eigenvalue weighted by Crippen LogP contribution is 2.29. The molecular formula is C12H17N3S. The lowest BCUT2D eigenvalue weighted by Gasteiger charge is -2.14. The molecule has 1 unspecified atom stereocenters. The Kier molecular flexibility index (Phi) is 3.00. The van der Waals surface area contributed by atoms with E-state index in [0.717, 1.165) is 10.7 Å². The van der Waals surface area contributed by atoms with Gasteiger partial charge in [0.25, 0.3) is 0 Å². The van der Waals surface area contributed by atoms with Gasteiger partial charge in [-0.25, -0.2) is 4.98 Å². The number of hydrogen-bond donors (Lipinski definition) is 1. The van der Waals surface area contributed by atoms with Crippen LogP contribution in [-0.2, 0) is 5.41 Å². The van der Waals surface area contributed by atoms with Gasteiger partial charge in [-0.2, -0.15) is 5.26 Å². The lowest BCUT2D eigenvalue weighted by Crippen LogP contribution is -2.22. The fraction of sp³-hybridized carbons (Fsp3) is 0.667. The third-order valence-electron chi connectivity index (χ3n) is 2.57. The van der Waals surface area contributed by atoms with E-state index in [1.54, 1.807) is 11.3 Å². The van der Waals surface area contributed by atoms with Gasteiger partial charge in [-0.1, -0.05) is 20.8 Å². The van der Waals surface area contributed by atoms with Crippen molar-refractivity contribution in [3.63, 3.8) is 0 Å². The van der Waals surface area contributed by atoms with Crippen molar-refractivity contribution in [2.75, 3.05) is 0 Å². The molecule has 0 aliphatic heterocycles. The molecule has 0 saturated heterocycles. The van der Waals surface area contributed by atoms with Gasteiger partial charge in [0.1, 0.15) is 6.04 Å². The lowest BCUT2D eigenvalue weighted by atomic mass is 9.98. The van der Waals surface area contributed by atoms with E-state index in [0.29, 0.717) is 6.04 Å². The van der Waals surface area contributed by atoms with Crippen molar-refractivity contribution in [3.05, 3.63) is 16.1 Å². The molecule has 2 rings (SSSR count). The highest BCUT2D eigenvalue weighted by molar-refractivity contribution is 7.09. The first kappa shape index (κ1) is 11.6. The van der Waals surface area contributed by atoms with Crippen molar-refractivity contribution in [2.24, 2.45) is 0 Å². The van der Waals surface area contributed by atoms with Gasteiger partial charge in [-0.3, -0.25) is 5.32 Å². The molecule has 1 aliphatic rings. The average molecular weight is 235 g/mol. The molecule has 1 saturated carbocycles. The fourth-order valence-corrected chi connectivity index (χ4v) is 2.37. The molecule has 1 aromatic heterocycles. The van der Waals surface area contributed by atoms with Crippen LogP contribution in [-0.4, -0.2) is 11.0 Å². The number of aromatic nitrogens is 1. The second-order valence-electron chi connectivity index (χ2n) is 5.33. The highest BCUT2D eigenvalue weighted by Gasteiger charge is 2.27. The predicted octanol–water partition coefficient (Wildman–Crippen LogP) is 2.76. The molecule has 0 aromatic carbocycles. The van der Waals surface area contributed by atoms with E-state index in [9.17, 15) is 0 Å². The maximum Gasteiger partial charge on any atom is 0.139 e. The van der Waals surface area contributed by atoms with Crippen LogP contribution in [0.4, 0.5) is 0 Å². The molecule has 1 atom stereocenters. The van der Waals surface area contributed by atoms with Crippen LogP contribution in [0.15, 0.2) is 5.38 Å². The summed E-state index contributed by atoms with van der Waals surface area (Å²) in [4.78, 5) is 4.57. The minimum Gasteiger partial charge on any atom is -0.294 e. The second-order valence-corrected chi connectivity index (χ2v) is 6.19. The molecule has 0 amide bonds. The van der Waals surface area contributed by atoms with Crippen molar-refractivity contribution >= 4 is 11.3 Å². The van der Waals surface area contributed by atoms with Crippen molar-refractivity contribution in [1.29, 1.82) is 5.26 Å². The smallest absolute Gasteiger partial charge is 0.139 e. The van der Waals surface area contributed by atoms with Crippen LogP contribution in [0.1, 0.15) is 50.4 Å². The van der Waals surface area contributed by atoms with E-state index in [1.807, 2.05) is 5.38 Å². The first-order valence-corrected chi connectivity index (χ1v) is 6.50. The molecule has 1 N–H and O–H groups in total. The average Bonchev–Trinajstić information content (AvgIpc) is 2.87. The Morgan fingerprint density at radius 2 is 2.25 bits per heavy atom. The summed E-state index contributed by atoms with van der Waals surface area (Å²) < 4.78 is 0. The maximum atomic E-state index is 9.12. The van der Waals surface area contributed by atoms with Crippen molar-refractivity contribution in [2.45, 2.75) is 51.1 Å². The van der Waals surface area contributed by atoms with E-state index in [1.165, 1.54) is 12.8 Å². The van der Waals surface area contributed by atoms with Gasteiger partial charge in [0.05, 0.1) is 16.8 Å². The summed E-state index contributed by atoms with van der Waals surface area (Å²) >= 11 is 1.65. The molecule has 0 bridgehead atoms. The number of rotatable bonds is 3. The topological polar surface area (TPSA) is 48.7 Å². The van der Waals surface area contributed by atoms with Crippen LogP contribution in [0.25, 0.3) is 0 Å². The summed E-state index contributed by atoms with van der Waals surface area (Å²) in [6.45, 7) is 6.43. The van der Waals surface area contributed by atoms with Crippen molar-refractivity contribution < 1.29 is 0 Å². The first-order chi connectivity index (χ1) is 7.50. The first-order valence-electron chi connectivity index (χ1n) is 5.62. The van der Waals surface area contributed by atoms with Gasteiger partial charge in [0.15, 0.2) is 0 Å². The molecule has 1 aromatic rings. The highest BCUT2D eigenvalue weighted by atomic mass is 32.1. The summed E-state index contributed by atoms with van der Waals surface area (Å²) in [7, 11) is 0. The molecule has 16 heavy (non-hydrogen) atoms. The molecular weight excluding hydrogens is 218 g/mol. The molecule has 0 spiro atoms. The number of nitrogens with zero attached hydrogens (tertiary/aromatic N) is 2.